The topological polar surface area (TPSA) is 67.2 Å². The van der Waals surface area contributed by atoms with E-state index in [1.54, 1.807) is 6.07 Å². The third-order valence-electron chi connectivity index (χ3n) is 4.12. The van der Waals surface area contributed by atoms with Gasteiger partial charge >= 0.3 is 0 Å². The van der Waals surface area contributed by atoms with Gasteiger partial charge in [0.15, 0.2) is 0 Å². The van der Waals surface area contributed by atoms with Crippen molar-refractivity contribution in [3.63, 3.8) is 0 Å². The summed E-state index contributed by atoms with van der Waals surface area (Å²) in [7, 11) is 0. The van der Waals surface area contributed by atoms with Crippen LogP contribution in [0.25, 0.3) is 0 Å². The second-order valence-corrected chi connectivity index (χ2v) is 6.45. The summed E-state index contributed by atoms with van der Waals surface area (Å²) in [6.07, 6.45) is 0. The zero-order chi connectivity index (χ0) is 18.4. The molecule has 0 fully saturated rings. The Morgan fingerprint density at radius 3 is 2.08 bits per heavy atom. The second kappa shape index (κ2) is 8.45. The molecule has 0 bridgehead atoms. The van der Waals surface area contributed by atoms with E-state index in [0.717, 1.165) is 16.8 Å². The number of rotatable bonds is 7. The fourth-order valence-corrected chi connectivity index (χ4v) is 2.72. The molecule has 0 radical (unpaired) electrons. The molecule has 0 unspecified atom stereocenters. The molecule has 0 aliphatic rings. The number of anilines is 1. The molecule has 0 saturated heterocycles. The second-order valence-electron chi connectivity index (χ2n) is 6.45. The molecule has 1 aromatic heterocycles. The Kier molecular flexibility index (Phi) is 5.81. The number of benzene rings is 2. The summed E-state index contributed by atoms with van der Waals surface area (Å²) < 4.78 is 5.16. The molecule has 26 heavy (non-hydrogen) atoms. The minimum Gasteiger partial charge on any atom is -0.338 e. The Hall–Kier alpha value is -2.92. The first-order valence-electron chi connectivity index (χ1n) is 8.73. The summed E-state index contributed by atoms with van der Waals surface area (Å²) in [5, 5.41) is 10.0. The number of aromatic nitrogens is 1. The standard InChI is InChI=1S/C21H23N3O2/c1-15(2)18-13-20(26-24-18)23-19(25)14-22-21(16-9-5-3-6-10-16)17-11-7-4-8-12-17/h3-13,15,21-22H,14H2,1-2H3,(H,23,25). The fourth-order valence-electron chi connectivity index (χ4n) is 2.72. The number of nitrogens with zero attached hydrogens (tertiary/aromatic N) is 1. The molecule has 2 N–H and O–H groups in total. The van der Waals surface area contributed by atoms with E-state index in [9.17, 15) is 4.79 Å². The van der Waals surface area contributed by atoms with E-state index in [1.807, 2.05) is 74.5 Å². The minimum atomic E-state index is -0.173. The Balaban J connectivity index is 1.66. The summed E-state index contributed by atoms with van der Waals surface area (Å²) in [6.45, 7) is 4.21. The lowest BCUT2D eigenvalue weighted by Gasteiger charge is -2.19. The summed E-state index contributed by atoms with van der Waals surface area (Å²) in [5.74, 6) is 0.452. The van der Waals surface area contributed by atoms with Crippen molar-refractivity contribution >= 4 is 11.8 Å². The molecule has 0 atom stereocenters. The lowest BCUT2D eigenvalue weighted by atomic mass is 9.99. The zero-order valence-corrected chi connectivity index (χ0v) is 15.0. The van der Waals surface area contributed by atoms with E-state index in [4.69, 9.17) is 4.52 Å². The third-order valence-corrected chi connectivity index (χ3v) is 4.12. The molecule has 5 nitrogen and oxygen atoms in total. The van der Waals surface area contributed by atoms with Crippen LogP contribution in [0.4, 0.5) is 5.88 Å². The highest BCUT2D eigenvalue weighted by Gasteiger charge is 2.16. The van der Waals surface area contributed by atoms with Gasteiger partial charge in [-0.1, -0.05) is 79.7 Å². The number of hydrogen-bond donors (Lipinski definition) is 2. The van der Waals surface area contributed by atoms with Crippen molar-refractivity contribution in [2.45, 2.75) is 25.8 Å². The van der Waals surface area contributed by atoms with Crippen LogP contribution in [-0.4, -0.2) is 17.6 Å². The molecule has 2 aromatic carbocycles. The van der Waals surface area contributed by atoms with Gasteiger partial charge in [0.1, 0.15) is 0 Å². The Morgan fingerprint density at radius 1 is 1.00 bits per heavy atom. The van der Waals surface area contributed by atoms with E-state index in [0.29, 0.717) is 5.88 Å². The first-order valence-corrected chi connectivity index (χ1v) is 8.73. The normalized spacial score (nSPS) is 11.1. The number of hydrogen-bond acceptors (Lipinski definition) is 4. The average molecular weight is 349 g/mol. The molecule has 0 saturated carbocycles. The minimum absolute atomic E-state index is 0.0656. The molecular weight excluding hydrogens is 326 g/mol. The van der Waals surface area contributed by atoms with Crippen molar-refractivity contribution < 1.29 is 9.32 Å². The van der Waals surface area contributed by atoms with Crippen molar-refractivity contribution in [1.29, 1.82) is 0 Å². The summed E-state index contributed by atoms with van der Waals surface area (Å²) in [4.78, 5) is 12.3. The summed E-state index contributed by atoms with van der Waals surface area (Å²) in [5.41, 5.74) is 3.03. The SMILES string of the molecule is CC(C)c1cc(NC(=O)CNC(c2ccccc2)c2ccccc2)on1. The third kappa shape index (κ3) is 4.58. The highest BCUT2D eigenvalue weighted by atomic mass is 16.5. The Bertz CT molecular complexity index is 789. The van der Waals surface area contributed by atoms with Crippen LogP contribution >= 0.6 is 0 Å². The number of carbonyl (C=O) groups is 1. The Labute approximate surface area is 153 Å². The van der Waals surface area contributed by atoms with E-state index < -0.39 is 0 Å². The largest absolute Gasteiger partial charge is 0.338 e. The predicted octanol–water partition coefficient (Wildman–Crippen LogP) is 4.12. The van der Waals surface area contributed by atoms with Crippen molar-refractivity contribution in [1.82, 2.24) is 10.5 Å². The average Bonchev–Trinajstić information content (AvgIpc) is 3.12. The molecule has 3 rings (SSSR count). The molecule has 0 spiro atoms. The highest BCUT2D eigenvalue weighted by Crippen LogP contribution is 2.21. The summed E-state index contributed by atoms with van der Waals surface area (Å²) >= 11 is 0. The lowest BCUT2D eigenvalue weighted by molar-refractivity contribution is -0.115. The number of carbonyl (C=O) groups excluding carboxylic acids is 1. The number of nitrogens with one attached hydrogen (secondary N) is 2. The predicted molar refractivity (Wildman–Crippen MR) is 102 cm³/mol. The van der Waals surface area contributed by atoms with Gasteiger partial charge in [-0.25, -0.2) is 0 Å². The van der Waals surface area contributed by atoms with Crippen molar-refractivity contribution in [2.24, 2.45) is 0 Å². The van der Waals surface area contributed by atoms with Crippen LogP contribution in [0.2, 0.25) is 0 Å². The van der Waals surface area contributed by atoms with Gasteiger partial charge in [-0.3, -0.25) is 15.4 Å². The first kappa shape index (κ1) is 17.9. The van der Waals surface area contributed by atoms with Crippen molar-refractivity contribution in [2.75, 3.05) is 11.9 Å². The first-order chi connectivity index (χ1) is 12.6. The lowest BCUT2D eigenvalue weighted by Crippen LogP contribution is -2.31. The van der Waals surface area contributed by atoms with Gasteiger partial charge < -0.3 is 4.52 Å². The van der Waals surface area contributed by atoms with Gasteiger partial charge in [0.05, 0.1) is 18.3 Å². The van der Waals surface area contributed by atoms with Crippen LogP contribution in [0, 0.1) is 0 Å². The van der Waals surface area contributed by atoms with E-state index in [1.165, 1.54) is 0 Å². The van der Waals surface area contributed by atoms with E-state index in [-0.39, 0.29) is 24.4 Å². The molecule has 3 aromatic rings. The smallest absolute Gasteiger partial charge is 0.240 e. The fraction of sp³-hybridized carbons (Fsp3) is 0.238. The maximum Gasteiger partial charge on any atom is 0.240 e. The maximum atomic E-state index is 12.3. The molecule has 0 aliphatic heterocycles. The van der Waals surface area contributed by atoms with Crippen LogP contribution < -0.4 is 10.6 Å². The van der Waals surface area contributed by atoms with Crippen LogP contribution in [-0.2, 0) is 4.79 Å². The monoisotopic (exact) mass is 349 g/mol. The van der Waals surface area contributed by atoms with Gasteiger partial charge in [-0.05, 0) is 17.0 Å². The maximum absolute atomic E-state index is 12.3. The van der Waals surface area contributed by atoms with Crippen LogP contribution in [0.3, 0.4) is 0 Å². The van der Waals surface area contributed by atoms with Crippen LogP contribution in [0.1, 0.15) is 42.6 Å². The summed E-state index contributed by atoms with van der Waals surface area (Å²) in [6, 6.07) is 21.8. The zero-order valence-electron chi connectivity index (χ0n) is 15.0. The molecule has 1 heterocycles. The quantitative estimate of drug-likeness (QED) is 0.673. The van der Waals surface area contributed by atoms with Crippen molar-refractivity contribution in [3.8, 4) is 0 Å². The van der Waals surface area contributed by atoms with Crippen LogP contribution in [0.5, 0.6) is 0 Å². The van der Waals surface area contributed by atoms with Gasteiger partial charge in [0, 0.05) is 6.07 Å². The molecule has 5 heteroatoms. The molecule has 1 amide bonds. The molecular formula is C21H23N3O2. The van der Waals surface area contributed by atoms with Gasteiger partial charge in [-0.2, -0.15) is 0 Å². The Morgan fingerprint density at radius 2 is 1.58 bits per heavy atom. The van der Waals surface area contributed by atoms with E-state index >= 15 is 0 Å². The molecule has 134 valence electrons. The van der Waals surface area contributed by atoms with Crippen molar-refractivity contribution in [3.05, 3.63) is 83.6 Å². The van der Waals surface area contributed by atoms with E-state index in [2.05, 4.69) is 15.8 Å². The van der Waals surface area contributed by atoms with Gasteiger partial charge in [0.2, 0.25) is 11.8 Å². The highest BCUT2D eigenvalue weighted by molar-refractivity contribution is 5.91. The van der Waals surface area contributed by atoms with Gasteiger partial charge in [0.25, 0.3) is 0 Å². The number of amides is 1. The van der Waals surface area contributed by atoms with Crippen LogP contribution in [0.15, 0.2) is 71.3 Å². The van der Waals surface area contributed by atoms with Gasteiger partial charge in [-0.15, -0.1) is 0 Å². The molecule has 0 aliphatic carbocycles.